The van der Waals surface area contributed by atoms with Gasteiger partial charge in [0.2, 0.25) is 0 Å². The molecule has 0 heterocycles. The first-order valence-corrected chi connectivity index (χ1v) is 4.89. The molecule has 15 heavy (non-hydrogen) atoms. The third-order valence-electron chi connectivity index (χ3n) is 2.00. The predicted octanol–water partition coefficient (Wildman–Crippen LogP) is 3.12. The molecule has 0 aliphatic heterocycles. The molecule has 0 unspecified atom stereocenters. The lowest BCUT2D eigenvalue weighted by Crippen LogP contribution is -2.09. The average Bonchev–Trinajstić information content (AvgIpc) is 2.09. The Balaban J connectivity index is 3.22. The summed E-state index contributed by atoms with van der Waals surface area (Å²) >= 11 is 0. The quantitative estimate of drug-likeness (QED) is 0.716. The minimum absolute atomic E-state index is 0.0343. The van der Waals surface area contributed by atoms with E-state index >= 15 is 0 Å². The number of carbonyl (C=O) groups excluding carboxylic acids is 1. The second-order valence-corrected chi connectivity index (χ2v) is 3.82. The number of ketones is 1. The van der Waals surface area contributed by atoms with Crippen LogP contribution in [0, 0.1) is 12.7 Å². The van der Waals surface area contributed by atoms with E-state index in [1.807, 2.05) is 13.8 Å². The number of hydrogen-bond acceptors (Lipinski definition) is 2. The normalized spacial score (nSPS) is 10.5. The van der Waals surface area contributed by atoms with Gasteiger partial charge in [0, 0.05) is 0 Å². The Morgan fingerprint density at radius 2 is 2.00 bits per heavy atom. The molecule has 1 aromatic carbocycles. The molecule has 0 aliphatic rings. The van der Waals surface area contributed by atoms with E-state index in [-0.39, 0.29) is 17.7 Å². The monoisotopic (exact) mass is 210 g/mol. The standard InChI is InChI=1S/C12H15FO2/c1-7(2)15-12-5-8(3)11(13)6-10(12)9(4)14/h5-7H,1-4H3. The smallest absolute Gasteiger partial charge is 0.163 e. The lowest BCUT2D eigenvalue weighted by atomic mass is 10.1. The van der Waals surface area contributed by atoms with Crippen molar-refractivity contribution in [3.8, 4) is 5.75 Å². The first-order valence-electron chi connectivity index (χ1n) is 4.89. The Labute approximate surface area is 89.1 Å². The summed E-state index contributed by atoms with van der Waals surface area (Å²) in [6.45, 7) is 6.77. The van der Waals surface area contributed by atoms with Crippen molar-refractivity contribution in [1.82, 2.24) is 0 Å². The van der Waals surface area contributed by atoms with Gasteiger partial charge in [-0.05, 0) is 45.4 Å². The van der Waals surface area contributed by atoms with Crippen LogP contribution in [-0.4, -0.2) is 11.9 Å². The van der Waals surface area contributed by atoms with Gasteiger partial charge in [-0.3, -0.25) is 4.79 Å². The predicted molar refractivity (Wildman–Crippen MR) is 56.9 cm³/mol. The molecule has 82 valence electrons. The summed E-state index contributed by atoms with van der Waals surface area (Å²) in [5, 5.41) is 0. The summed E-state index contributed by atoms with van der Waals surface area (Å²) in [4.78, 5) is 11.3. The number of Topliss-reactive ketones (excluding diaryl/α,β-unsaturated/α-hetero) is 1. The molecule has 0 spiro atoms. The van der Waals surface area contributed by atoms with Crippen LogP contribution in [0.2, 0.25) is 0 Å². The SMILES string of the molecule is CC(=O)c1cc(F)c(C)cc1OC(C)C. The van der Waals surface area contributed by atoms with Gasteiger partial charge >= 0.3 is 0 Å². The summed E-state index contributed by atoms with van der Waals surface area (Å²) in [6.07, 6.45) is -0.0343. The highest BCUT2D eigenvalue weighted by Gasteiger charge is 2.13. The molecule has 0 amide bonds. The molecule has 0 saturated heterocycles. The number of carbonyl (C=O) groups is 1. The molecule has 1 aromatic rings. The van der Waals surface area contributed by atoms with Crippen LogP contribution < -0.4 is 4.74 Å². The van der Waals surface area contributed by atoms with Crippen LogP contribution in [0.1, 0.15) is 36.7 Å². The van der Waals surface area contributed by atoms with Crippen LogP contribution in [0.25, 0.3) is 0 Å². The highest BCUT2D eigenvalue weighted by Crippen LogP contribution is 2.24. The van der Waals surface area contributed by atoms with Crippen molar-refractivity contribution in [2.75, 3.05) is 0 Å². The number of rotatable bonds is 3. The summed E-state index contributed by atoms with van der Waals surface area (Å²) in [6, 6.07) is 2.79. The van der Waals surface area contributed by atoms with Gasteiger partial charge in [0.05, 0.1) is 11.7 Å². The Hall–Kier alpha value is -1.38. The van der Waals surface area contributed by atoms with E-state index in [1.54, 1.807) is 13.0 Å². The Morgan fingerprint density at radius 1 is 1.40 bits per heavy atom. The maximum atomic E-state index is 13.2. The zero-order valence-corrected chi connectivity index (χ0v) is 9.43. The van der Waals surface area contributed by atoms with Crippen molar-refractivity contribution in [3.63, 3.8) is 0 Å². The number of ether oxygens (including phenoxy) is 1. The van der Waals surface area contributed by atoms with Crippen molar-refractivity contribution < 1.29 is 13.9 Å². The molecule has 0 aromatic heterocycles. The van der Waals surface area contributed by atoms with Gasteiger partial charge in [0.15, 0.2) is 5.78 Å². The average molecular weight is 210 g/mol. The number of halogens is 1. The van der Waals surface area contributed by atoms with Gasteiger partial charge in [-0.1, -0.05) is 0 Å². The summed E-state index contributed by atoms with van der Waals surface area (Å²) in [7, 11) is 0. The minimum Gasteiger partial charge on any atom is -0.490 e. The van der Waals surface area contributed by atoms with Crippen molar-refractivity contribution in [3.05, 3.63) is 29.1 Å². The van der Waals surface area contributed by atoms with E-state index in [2.05, 4.69) is 0 Å². The fourth-order valence-corrected chi connectivity index (χ4v) is 1.28. The fraction of sp³-hybridized carbons (Fsp3) is 0.417. The third kappa shape index (κ3) is 2.78. The van der Waals surface area contributed by atoms with Crippen LogP contribution in [0.3, 0.4) is 0 Å². The topological polar surface area (TPSA) is 26.3 Å². The summed E-state index contributed by atoms with van der Waals surface area (Å²) in [5.74, 6) is -0.114. The van der Waals surface area contributed by atoms with Gasteiger partial charge in [-0.25, -0.2) is 4.39 Å². The molecule has 0 atom stereocenters. The molecule has 3 heteroatoms. The van der Waals surface area contributed by atoms with E-state index in [9.17, 15) is 9.18 Å². The van der Waals surface area contributed by atoms with Crippen LogP contribution in [0.4, 0.5) is 4.39 Å². The van der Waals surface area contributed by atoms with Crippen molar-refractivity contribution in [1.29, 1.82) is 0 Å². The van der Waals surface area contributed by atoms with Crippen LogP contribution >= 0.6 is 0 Å². The maximum Gasteiger partial charge on any atom is 0.163 e. The van der Waals surface area contributed by atoms with Gasteiger partial charge in [-0.2, -0.15) is 0 Å². The Bertz CT molecular complexity index is 383. The number of hydrogen-bond donors (Lipinski definition) is 0. The molecule has 2 nitrogen and oxygen atoms in total. The maximum absolute atomic E-state index is 13.2. The molecule has 0 saturated carbocycles. The molecule has 0 bridgehead atoms. The third-order valence-corrected chi connectivity index (χ3v) is 2.00. The lowest BCUT2D eigenvalue weighted by molar-refractivity contribution is 0.101. The van der Waals surface area contributed by atoms with Gasteiger partial charge in [-0.15, -0.1) is 0 Å². The number of aryl methyl sites for hydroxylation is 1. The van der Waals surface area contributed by atoms with E-state index < -0.39 is 0 Å². The summed E-state index contributed by atoms with van der Waals surface area (Å²) < 4.78 is 18.7. The first-order chi connectivity index (χ1) is 6.91. The zero-order chi connectivity index (χ0) is 11.6. The molecule has 0 radical (unpaired) electrons. The zero-order valence-electron chi connectivity index (χ0n) is 9.43. The molecule has 1 rings (SSSR count). The van der Waals surface area contributed by atoms with Gasteiger partial charge in [0.1, 0.15) is 11.6 Å². The molecular weight excluding hydrogens is 195 g/mol. The molecular formula is C12H15FO2. The van der Waals surface area contributed by atoms with Crippen LogP contribution in [0.5, 0.6) is 5.75 Å². The van der Waals surface area contributed by atoms with Crippen molar-refractivity contribution >= 4 is 5.78 Å². The van der Waals surface area contributed by atoms with Crippen LogP contribution in [0.15, 0.2) is 12.1 Å². The Kier molecular flexibility index (Phi) is 3.45. The highest BCUT2D eigenvalue weighted by molar-refractivity contribution is 5.96. The second kappa shape index (κ2) is 4.43. The largest absolute Gasteiger partial charge is 0.490 e. The lowest BCUT2D eigenvalue weighted by Gasteiger charge is -2.13. The summed E-state index contributed by atoms with van der Waals surface area (Å²) in [5.41, 5.74) is 0.780. The van der Waals surface area contributed by atoms with E-state index in [0.717, 1.165) is 0 Å². The molecule has 0 aliphatic carbocycles. The Morgan fingerprint density at radius 3 is 2.47 bits per heavy atom. The van der Waals surface area contributed by atoms with E-state index in [4.69, 9.17) is 4.74 Å². The van der Waals surface area contributed by atoms with E-state index in [1.165, 1.54) is 13.0 Å². The number of benzene rings is 1. The second-order valence-electron chi connectivity index (χ2n) is 3.82. The van der Waals surface area contributed by atoms with Crippen molar-refractivity contribution in [2.24, 2.45) is 0 Å². The molecule has 0 N–H and O–H groups in total. The first kappa shape index (κ1) is 11.7. The van der Waals surface area contributed by atoms with Crippen LogP contribution in [-0.2, 0) is 0 Å². The van der Waals surface area contributed by atoms with Gasteiger partial charge < -0.3 is 4.74 Å². The minimum atomic E-state index is -0.378. The van der Waals surface area contributed by atoms with E-state index in [0.29, 0.717) is 16.9 Å². The van der Waals surface area contributed by atoms with Gasteiger partial charge in [0.25, 0.3) is 0 Å². The van der Waals surface area contributed by atoms with Crippen molar-refractivity contribution in [2.45, 2.75) is 33.8 Å². The molecule has 0 fully saturated rings. The highest BCUT2D eigenvalue weighted by atomic mass is 19.1. The fourth-order valence-electron chi connectivity index (χ4n) is 1.28.